The smallest absolute Gasteiger partial charge is 0.241 e. The summed E-state index contributed by atoms with van der Waals surface area (Å²) >= 11 is 0. The number of amides is 1. The van der Waals surface area contributed by atoms with E-state index in [0.717, 1.165) is 5.69 Å². The van der Waals surface area contributed by atoms with Gasteiger partial charge in [-0.2, -0.15) is 0 Å². The van der Waals surface area contributed by atoms with Crippen molar-refractivity contribution < 1.29 is 9.53 Å². The lowest BCUT2D eigenvalue weighted by molar-refractivity contribution is -0.120. The third-order valence-corrected chi connectivity index (χ3v) is 3.22. The SMILES string of the molecule is COC1CC(N)C(C(N)=O)N(c2[c]cncc2)C1. The summed E-state index contributed by atoms with van der Waals surface area (Å²) in [7, 11) is 1.64. The van der Waals surface area contributed by atoms with Crippen molar-refractivity contribution in [1.82, 2.24) is 4.98 Å². The van der Waals surface area contributed by atoms with Gasteiger partial charge in [-0.25, -0.2) is 0 Å². The van der Waals surface area contributed by atoms with E-state index in [1.165, 1.54) is 0 Å². The topological polar surface area (TPSA) is 94.5 Å². The molecule has 1 aromatic heterocycles. The maximum atomic E-state index is 11.6. The Kier molecular flexibility index (Phi) is 3.78. The molecule has 2 heterocycles. The second kappa shape index (κ2) is 5.32. The number of nitrogens with zero attached hydrogens (tertiary/aromatic N) is 2. The Bertz CT molecular complexity index is 412. The van der Waals surface area contributed by atoms with Crippen LogP contribution in [0.4, 0.5) is 5.69 Å². The van der Waals surface area contributed by atoms with Crippen LogP contribution in [0.2, 0.25) is 0 Å². The molecule has 18 heavy (non-hydrogen) atoms. The van der Waals surface area contributed by atoms with Crippen LogP contribution < -0.4 is 16.4 Å². The fourth-order valence-electron chi connectivity index (χ4n) is 2.34. The number of anilines is 1. The second-order valence-electron chi connectivity index (χ2n) is 4.38. The first-order valence-electron chi connectivity index (χ1n) is 5.79. The molecule has 0 saturated carbocycles. The molecule has 1 fully saturated rings. The molecule has 97 valence electrons. The molecule has 3 atom stereocenters. The average Bonchev–Trinajstić information content (AvgIpc) is 2.38. The minimum Gasteiger partial charge on any atom is -0.380 e. The highest BCUT2D eigenvalue weighted by Gasteiger charge is 2.37. The van der Waals surface area contributed by atoms with Crippen LogP contribution >= 0.6 is 0 Å². The normalized spacial score (nSPS) is 28.1. The summed E-state index contributed by atoms with van der Waals surface area (Å²) in [6.45, 7) is 0.568. The van der Waals surface area contributed by atoms with Crippen molar-refractivity contribution >= 4 is 11.6 Å². The Morgan fingerprint density at radius 1 is 1.67 bits per heavy atom. The number of hydrogen-bond donors (Lipinski definition) is 2. The first kappa shape index (κ1) is 12.8. The number of rotatable bonds is 3. The third-order valence-electron chi connectivity index (χ3n) is 3.22. The summed E-state index contributed by atoms with van der Waals surface area (Å²) in [6, 6.07) is 3.89. The van der Waals surface area contributed by atoms with Crippen LogP contribution in [0.25, 0.3) is 0 Å². The molecule has 1 aliphatic heterocycles. The zero-order chi connectivity index (χ0) is 13.1. The molecule has 0 aliphatic carbocycles. The Balaban J connectivity index is 2.30. The first-order chi connectivity index (χ1) is 8.63. The van der Waals surface area contributed by atoms with Crippen molar-refractivity contribution in [2.45, 2.75) is 24.6 Å². The van der Waals surface area contributed by atoms with Gasteiger partial charge in [-0.15, -0.1) is 0 Å². The van der Waals surface area contributed by atoms with E-state index in [4.69, 9.17) is 16.2 Å². The molecule has 6 heteroatoms. The van der Waals surface area contributed by atoms with E-state index in [-0.39, 0.29) is 12.1 Å². The monoisotopic (exact) mass is 249 g/mol. The van der Waals surface area contributed by atoms with Gasteiger partial charge < -0.3 is 21.1 Å². The Morgan fingerprint density at radius 3 is 3.00 bits per heavy atom. The molecule has 1 aliphatic rings. The molecule has 2 rings (SSSR count). The molecule has 1 radical (unpaired) electrons. The summed E-state index contributed by atoms with van der Waals surface area (Å²) in [5, 5.41) is 0. The maximum Gasteiger partial charge on any atom is 0.241 e. The molecular weight excluding hydrogens is 232 g/mol. The van der Waals surface area contributed by atoms with E-state index >= 15 is 0 Å². The Labute approximate surface area is 106 Å². The molecule has 0 bridgehead atoms. The van der Waals surface area contributed by atoms with Gasteiger partial charge in [0.2, 0.25) is 5.91 Å². The fourth-order valence-corrected chi connectivity index (χ4v) is 2.34. The van der Waals surface area contributed by atoms with Crippen molar-refractivity contribution in [3.8, 4) is 0 Å². The van der Waals surface area contributed by atoms with Crippen molar-refractivity contribution in [3.63, 3.8) is 0 Å². The number of carbonyl (C=O) groups excluding carboxylic acids is 1. The average molecular weight is 249 g/mol. The van der Waals surface area contributed by atoms with Gasteiger partial charge in [-0.05, 0) is 12.5 Å². The lowest BCUT2D eigenvalue weighted by Gasteiger charge is -2.42. The van der Waals surface area contributed by atoms with E-state index in [9.17, 15) is 4.79 Å². The highest BCUT2D eigenvalue weighted by atomic mass is 16.5. The summed E-state index contributed by atoms with van der Waals surface area (Å²) in [4.78, 5) is 17.3. The minimum atomic E-state index is -0.532. The number of methoxy groups -OCH3 is 1. The van der Waals surface area contributed by atoms with Gasteiger partial charge in [0.15, 0.2) is 0 Å². The van der Waals surface area contributed by atoms with Crippen LogP contribution in [0.3, 0.4) is 0 Å². The van der Waals surface area contributed by atoms with E-state index in [1.807, 2.05) is 4.90 Å². The summed E-state index contributed by atoms with van der Waals surface area (Å²) in [6.07, 6.45) is 3.80. The van der Waals surface area contributed by atoms with Gasteiger partial charge in [0.25, 0.3) is 0 Å². The lowest BCUT2D eigenvalue weighted by Crippen LogP contribution is -2.62. The van der Waals surface area contributed by atoms with Gasteiger partial charge in [0, 0.05) is 43.8 Å². The standard InChI is InChI=1S/C12H17N4O2/c1-18-9-6-10(13)11(12(14)17)16(7-9)8-2-4-15-5-3-8/h2,4-5,9-11H,6-7,13H2,1H3,(H2,14,17). The number of carbonyl (C=O) groups is 1. The molecule has 4 N–H and O–H groups in total. The number of hydrogen-bond acceptors (Lipinski definition) is 5. The third kappa shape index (κ3) is 2.44. The van der Waals surface area contributed by atoms with E-state index in [2.05, 4.69) is 11.1 Å². The lowest BCUT2D eigenvalue weighted by atomic mass is 9.94. The van der Waals surface area contributed by atoms with Crippen LogP contribution in [0.5, 0.6) is 0 Å². The zero-order valence-corrected chi connectivity index (χ0v) is 10.2. The molecule has 1 amide bonds. The van der Waals surface area contributed by atoms with Crippen molar-refractivity contribution in [3.05, 3.63) is 24.5 Å². The maximum absolute atomic E-state index is 11.6. The number of ether oxygens (including phenoxy) is 1. The molecule has 1 aromatic rings. The summed E-state index contributed by atoms with van der Waals surface area (Å²) < 4.78 is 5.34. The predicted octanol–water partition coefficient (Wildman–Crippen LogP) is -0.712. The van der Waals surface area contributed by atoms with Crippen molar-refractivity contribution in [2.75, 3.05) is 18.6 Å². The van der Waals surface area contributed by atoms with Crippen LogP contribution in [0.15, 0.2) is 18.5 Å². The van der Waals surface area contributed by atoms with E-state index < -0.39 is 11.9 Å². The summed E-state index contributed by atoms with van der Waals surface area (Å²) in [5.41, 5.74) is 12.2. The molecule has 1 saturated heterocycles. The number of nitrogens with two attached hydrogens (primary N) is 2. The number of primary amides is 1. The van der Waals surface area contributed by atoms with Crippen LogP contribution in [0, 0.1) is 6.07 Å². The second-order valence-corrected chi connectivity index (χ2v) is 4.38. The van der Waals surface area contributed by atoms with Crippen LogP contribution in [-0.2, 0) is 9.53 Å². The molecule has 0 spiro atoms. The fraction of sp³-hybridized carbons (Fsp3) is 0.500. The zero-order valence-electron chi connectivity index (χ0n) is 10.2. The van der Waals surface area contributed by atoms with Crippen LogP contribution in [-0.4, -0.2) is 42.7 Å². The molecule has 0 aromatic carbocycles. The van der Waals surface area contributed by atoms with Gasteiger partial charge in [0.05, 0.1) is 6.10 Å². The van der Waals surface area contributed by atoms with E-state index in [1.54, 1.807) is 25.6 Å². The van der Waals surface area contributed by atoms with Crippen LogP contribution in [0.1, 0.15) is 6.42 Å². The summed E-state index contributed by atoms with van der Waals surface area (Å²) in [5.74, 6) is -0.428. The van der Waals surface area contributed by atoms with Gasteiger partial charge in [-0.3, -0.25) is 9.78 Å². The predicted molar refractivity (Wildman–Crippen MR) is 66.8 cm³/mol. The highest BCUT2D eigenvalue weighted by molar-refractivity contribution is 5.84. The molecular formula is C12H17N4O2. The molecule has 6 nitrogen and oxygen atoms in total. The minimum absolute atomic E-state index is 0.0165. The van der Waals surface area contributed by atoms with E-state index in [0.29, 0.717) is 13.0 Å². The van der Waals surface area contributed by atoms with Crippen molar-refractivity contribution in [1.29, 1.82) is 0 Å². The number of pyridine rings is 1. The quantitative estimate of drug-likeness (QED) is 0.738. The largest absolute Gasteiger partial charge is 0.380 e. The molecule has 3 unspecified atom stereocenters. The highest BCUT2D eigenvalue weighted by Crippen LogP contribution is 2.24. The number of aromatic nitrogens is 1. The van der Waals surface area contributed by atoms with Gasteiger partial charge in [0.1, 0.15) is 6.04 Å². The van der Waals surface area contributed by atoms with Gasteiger partial charge in [-0.1, -0.05) is 0 Å². The first-order valence-corrected chi connectivity index (χ1v) is 5.79. The Hall–Kier alpha value is -1.66. The van der Waals surface area contributed by atoms with Gasteiger partial charge >= 0.3 is 0 Å². The number of piperidine rings is 1. The Morgan fingerprint density at radius 2 is 2.44 bits per heavy atom. The van der Waals surface area contributed by atoms with Crippen molar-refractivity contribution in [2.24, 2.45) is 11.5 Å².